The zero-order valence-electron chi connectivity index (χ0n) is 11.3. The summed E-state index contributed by atoms with van der Waals surface area (Å²) in [7, 11) is 0. The quantitative estimate of drug-likeness (QED) is 0.452. The molecule has 0 aliphatic heterocycles. The number of carbonyl (C=O) groups is 1. The molecule has 18 heavy (non-hydrogen) atoms. The van der Waals surface area contributed by atoms with Crippen LogP contribution in [0.1, 0.15) is 50.7 Å². The van der Waals surface area contributed by atoms with Gasteiger partial charge in [0.25, 0.3) is 0 Å². The molecule has 0 unspecified atom stereocenters. The molecule has 2 nitrogen and oxygen atoms in total. The highest BCUT2D eigenvalue weighted by Gasteiger charge is 2.12. The summed E-state index contributed by atoms with van der Waals surface area (Å²) in [5.74, 6) is -1.13. The lowest BCUT2D eigenvalue weighted by Crippen LogP contribution is -2.08. The van der Waals surface area contributed by atoms with E-state index in [9.17, 15) is 9.18 Å². The Kier molecular flexibility index (Phi) is 4.65. The van der Waals surface area contributed by atoms with Gasteiger partial charge in [-0.05, 0) is 35.1 Å². The van der Waals surface area contributed by atoms with Gasteiger partial charge in [-0.1, -0.05) is 40.3 Å². The molecule has 0 radical (unpaired) electrons. The van der Waals surface area contributed by atoms with Crippen LogP contribution in [0.15, 0.2) is 30.6 Å². The maximum Gasteiger partial charge on any atom is 0.371 e. The number of benzene rings is 1. The molecule has 1 rings (SSSR count). The van der Waals surface area contributed by atoms with Crippen LogP contribution < -0.4 is 4.74 Å². The van der Waals surface area contributed by atoms with Crippen LogP contribution in [0.4, 0.5) is 4.39 Å². The van der Waals surface area contributed by atoms with E-state index < -0.39 is 11.8 Å². The zero-order valence-corrected chi connectivity index (χ0v) is 11.3. The molecule has 3 heteroatoms. The minimum absolute atomic E-state index is 0.315. The molecule has 0 N–H and O–H groups in total. The van der Waals surface area contributed by atoms with Crippen LogP contribution in [0.3, 0.4) is 0 Å². The van der Waals surface area contributed by atoms with Crippen molar-refractivity contribution in [2.24, 2.45) is 0 Å². The Morgan fingerprint density at radius 2 is 1.56 bits per heavy atom. The fourth-order valence-corrected chi connectivity index (χ4v) is 1.53. The molecule has 98 valence electrons. The zero-order chi connectivity index (χ0) is 13.9. The number of halogens is 1. The first-order valence-corrected chi connectivity index (χ1v) is 6.02. The van der Waals surface area contributed by atoms with Crippen molar-refractivity contribution in [3.05, 3.63) is 41.7 Å². The standard InChI is InChI=1S/C15H19FO2/c1-9(2)12-6-13(10(3)4)8-14(7-12)18-15(17)11(5)16/h6-10H,5H2,1-4H3. The van der Waals surface area contributed by atoms with Gasteiger partial charge in [0, 0.05) is 0 Å². The van der Waals surface area contributed by atoms with Gasteiger partial charge in [0.15, 0.2) is 0 Å². The molecular formula is C15H19FO2. The SMILES string of the molecule is C=C(F)C(=O)Oc1cc(C(C)C)cc(C(C)C)c1. The van der Waals surface area contributed by atoms with E-state index in [0.717, 1.165) is 11.1 Å². The molecule has 1 aromatic rings. The van der Waals surface area contributed by atoms with Gasteiger partial charge in [0.2, 0.25) is 5.83 Å². The summed E-state index contributed by atoms with van der Waals surface area (Å²) < 4.78 is 17.6. The molecule has 0 amide bonds. The molecule has 1 aromatic carbocycles. The molecule has 0 spiro atoms. The maximum absolute atomic E-state index is 12.6. The van der Waals surface area contributed by atoms with Crippen molar-refractivity contribution in [1.82, 2.24) is 0 Å². The minimum Gasteiger partial charge on any atom is -0.421 e. The second-order valence-electron chi connectivity index (χ2n) is 4.94. The molecule has 0 aliphatic carbocycles. The molecule has 0 fully saturated rings. The molecule has 0 heterocycles. The third-order valence-corrected chi connectivity index (χ3v) is 2.72. The van der Waals surface area contributed by atoms with Gasteiger partial charge < -0.3 is 4.74 Å². The monoisotopic (exact) mass is 250 g/mol. The smallest absolute Gasteiger partial charge is 0.371 e. The van der Waals surface area contributed by atoms with Crippen molar-refractivity contribution in [3.63, 3.8) is 0 Å². The van der Waals surface area contributed by atoms with E-state index in [2.05, 4.69) is 40.3 Å². The molecule has 0 saturated carbocycles. The molecule has 0 aromatic heterocycles. The largest absolute Gasteiger partial charge is 0.421 e. The highest BCUT2D eigenvalue weighted by atomic mass is 19.1. The molecule has 0 bridgehead atoms. The molecule has 0 saturated heterocycles. The average Bonchev–Trinajstić information content (AvgIpc) is 2.28. The van der Waals surface area contributed by atoms with Crippen molar-refractivity contribution in [3.8, 4) is 5.75 Å². The summed E-state index contributed by atoms with van der Waals surface area (Å²) in [6.07, 6.45) is 0. The van der Waals surface area contributed by atoms with Crippen LogP contribution in [-0.4, -0.2) is 5.97 Å². The summed E-state index contributed by atoms with van der Waals surface area (Å²) in [5.41, 5.74) is 2.13. The topological polar surface area (TPSA) is 26.3 Å². The van der Waals surface area contributed by atoms with Crippen LogP contribution >= 0.6 is 0 Å². The van der Waals surface area contributed by atoms with E-state index in [4.69, 9.17) is 4.74 Å². The summed E-state index contributed by atoms with van der Waals surface area (Å²) in [6.45, 7) is 11.1. The maximum atomic E-state index is 12.6. The summed E-state index contributed by atoms with van der Waals surface area (Å²) in [5, 5.41) is 0. The van der Waals surface area contributed by atoms with Crippen molar-refractivity contribution in [2.45, 2.75) is 39.5 Å². The van der Waals surface area contributed by atoms with E-state index in [1.165, 1.54) is 0 Å². The first-order valence-electron chi connectivity index (χ1n) is 6.02. The van der Waals surface area contributed by atoms with Crippen molar-refractivity contribution in [1.29, 1.82) is 0 Å². The van der Waals surface area contributed by atoms with Crippen molar-refractivity contribution >= 4 is 5.97 Å². The number of rotatable bonds is 4. The Morgan fingerprint density at radius 1 is 1.11 bits per heavy atom. The van der Waals surface area contributed by atoms with Crippen LogP contribution in [-0.2, 0) is 4.79 Å². The van der Waals surface area contributed by atoms with E-state index in [1.807, 2.05) is 0 Å². The van der Waals surface area contributed by atoms with Gasteiger partial charge in [0.1, 0.15) is 5.75 Å². The normalized spacial score (nSPS) is 10.8. The van der Waals surface area contributed by atoms with E-state index in [1.54, 1.807) is 12.1 Å². The highest BCUT2D eigenvalue weighted by Crippen LogP contribution is 2.27. The summed E-state index contributed by atoms with van der Waals surface area (Å²) in [6, 6.07) is 5.60. The second-order valence-corrected chi connectivity index (χ2v) is 4.94. The number of hydrogen-bond acceptors (Lipinski definition) is 2. The van der Waals surface area contributed by atoms with E-state index >= 15 is 0 Å². The second kappa shape index (κ2) is 5.80. The first kappa shape index (κ1) is 14.4. The van der Waals surface area contributed by atoms with Gasteiger partial charge >= 0.3 is 5.97 Å². The Morgan fingerprint density at radius 3 is 1.89 bits per heavy atom. The number of hydrogen-bond donors (Lipinski definition) is 0. The lowest BCUT2D eigenvalue weighted by Gasteiger charge is -2.14. The van der Waals surface area contributed by atoms with Gasteiger partial charge in [-0.3, -0.25) is 0 Å². The highest BCUT2D eigenvalue weighted by molar-refractivity contribution is 5.87. The molecule has 0 atom stereocenters. The average molecular weight is 250 g/mol. The third-order valence-electron chi connectivity index (χ3n) is 2.72. The molecule has 0 aliphatic rings. The van der Waals surface area contributed by atoms with E-state index in [0.29, 0.717) is 17.6 Å². The Bertz CT molecular complexity index is 435. The van der Waals surface area contributed by atoms with Crippen LogP contribution in [0.5, 0.6) is 5.75 Å². The predicted molar refractivity (Wildman–Crippen MR) is 70.5 cm³/mol. The Balaban J connectivity index is 3.11. The van der Waals surface area contributed by atoms with Gasteiger partial charge in [-0.2, -0.15) is 4.39 Å². The molecular weight excluding hydrogens is 231 g/mol. The van der Waals surface area contributed by atoms with Crippen molar-refractivity contribution in [2.75, 3.05) is 0 Å². The summed E-state index contributed by atoms with van der Waals surface area (Å²) >= 11 is 0. The Labute approximate surface area is 107 Å². The van der Waals surface area contributed by atoms with Crippen LogP contribution in [0, 0.1) is 0 Å². The number of esters is 1. The lowest BCUT2D eigenvalue weighted by molar-refractivity contribution is -0.131. The van der Waals surface area contributed by atoms with Crippen LogP contribution in [0.2, 0.25) is 0 Å². The lowest BCUT2D eigenvalue weighted by atomic mass is 9.95. The Hall–Kier alpha value is -1.64. The predicted octanol–water partition coefficient (Wildman–Crippen LogP) is 4.32. The van der Waals surface area contributed by atoms with Gasteiger partial charge in [0.05, 0.1) is 0 Å². The van der Waals surface area contributed by atoms with E-state index in [-0.39, 0.29) is 0 Å². The van der Waals surface area contributed by atoms with Gasteiger partial charge in [-0.25, -0.2) is 4.79 Å². The third kappa shape index (κ3) is 3.69. The number of ether oxygens (including phenoxy) is 1. The fourth-order valence-electron chi connectivity index (χ4n) is 1.53. The minimum atomic E-state index is -1.09. The first-order chi connectivity index (χ1) is 8.31. The van der Waals surface area contributed by atoms with Crippen LogP contribution in [0.25, 0.3) is 0 Å². The number of carbonyl (C=O) groups excluding carboxylic acids is 1. The summed E-state index contributed by atoms with van der Waals surface area (Å²) in [4.78, 5) is 11.2. The van der Waals surface area contributed by atoms with Crippen molar-refractivity contribution < 1.29 is 13.9 Å². The fraction of sp³-hybridized carbons (Fsp3) is 0.400. The van der Waals surface area contributed by atoms with Gasteiger partial charge in [-0.15, -0.1) is 0 Å².